The zero-order chi connectivity index (χ0) is 27.4. The van der Waals surface area contributed by atoms with Gasteiger partial charge in [0.05, 0.1) is 16.8 Å². The second-order valence-electron chi connectivity index (χ2n) is 9.70. The molecule has 1 N–H and O–H groups in total. The molecule has 0 saturated carbocycles. The van der Waals surface area contributed by atoms with Gasteiger partial charge in [-0.05, 0) is 46.7 Å². The minimum absolute atomic E-state index is 0.0790. The average Bonchev–Trinajstić information content (AvgIpc) is 3.61. The van der Waals surface area contributed by atoms with Crippen molar-refractivity contribution in [2.24, 2.45) is 5.92 Å². The van der Waals surface area contributed by atoms with E-state index in [0.29, 0.717) is 22.9 Å². The predicted octanol–water partition coefficient (Wildman–Crippen LogP) is 6.32. The lowest BCUT2D eigenvalue weighted by Gasteiger charge is -2.30. The fraction of sp³-hybridized carbons (Fsp3) is 0.219. The number of Topliss-reactive ketones (excluding diaryl/α,β-unsaturated/α-hetero) is 1. The quantitative estimate of drug-likeness (QED) is 0.258. The Morgan fingerprint density at radius 2 is 1.51 bits per heavy atom. The Bertz CT molecular complexity index is 1430. The molecule has 1 aliphatic heterocycles. The molecule has 7 heteroatoms. The van der Waals surface area contributed by atoms with Gasteiger partial charge in [-0.2, -0.15) is 0 Å². The summed E-state index contributed by atoms with van der Waals surface area (Å²) >= 11 is 7.59. The van der Waals surface area contributed by atoms with Gasteiger partial charge in [0.1, 0.15) is 6.04 Å². The number of nitrogens with zero attached hydrogens (tertiary/aromatic N) is 1. The van der Waals surface area contributed by atoms with E-state index in [9.17, 15) is 14.4 Å². The molecular formula is C32H29ClN2O3S. The molecule has 2 amide bonds. The van der Waals surface area contributed by atoms with Gasteiger partial charge in [-0.15, -0.1) is 11.3 Å². The maximum absolute atomic E-state index is 14.2. The standard InChI is InChI=1S/C32H29ClN2O3S/c1-21(36)35-29(24-11-6-3-7-12-24)28(31(37)26-13-8-20-39-26)27(23-14-16-25(33)17-15-23)30(35)32(38)34-19-18-22-9-4-2-5-10-22/h2-17,20,27-30H,18-19H2,1H3,(H,34,38). The third kappa shape index (κ3) is 5.68. The summed E-state index contributed by atoms with van der Waals surface area (Å²) < 4.78 is 0. The highest BCUT2D eigenvalue weighted by molar-refractivity contribution is 7.12. The van der Waals surface area contributed by atoms with Crippen molar-refractivity contribution in [2.75, 3.05) is 6.54 Å². The van der Waals surface area contributed by atoms with Crippen molar-refractivity contribution in [2.45, 2.75) is 31.3 Å². The largest absolute Gasteiger partial charge is 0.354 e. The number of rotatable bonds is 8. The summed E-state index contributed by atoms with van der Waals surface area (Å²) in [5.41, 5.74) is 2.72. The molecule has 4 atom stereocenters. The van der Waals surface area contributed by atoms with E-state index >= 15 is 0 Å². The van der Waals surface area contributed by atoms with E-state index < -0.39 is 23.9 Å². The normalized spacial score (nSPS) is 20.5. The van der Waals surface area contributed by atoms with Crippen LogP contribution in [0.5, 0.6) is 0 Å². The van der Waals surface area contributed by atoms with Gasteiger partial charge < -0.3 is 10.2 Å². The lowest BCUT2D eigenvalue weighted by Crippen LogP contribution is -2.48. The molecule has 1 fully saturated rings. The number of benzene rings is 3. The molecule has 1 aromatic heterocycles. The van der Waals surface area contributed by atoms with Gasteiger partial charge in [0.15, 0.2) is 5.78 Å². The third-order valence-corrected chi connectivity index (χ3v) is 8.45. The molecule has 2 heterocycles. The first-order valence-electron chi connectivity index (χ1n) is 12.9. The van der Waals surface area contributed by atoms with E-state index in [2.05, 4.69) is 5.32 Å². The summed E-state index contributed by atoms with van der Waals surface area (Å²) in [4.78, 5) is 43.7. The Morgan fingerprint density at radius 1 is 0.846 bits per heavy atom. The van der Waals surface area contributed by atoms with Crippen molar-refractivity contribution in [1.29, 1.82) is 0 Å². The molecular weight excluding hydrogens is 528 g/mol. The molecule has 0 bridgehead atoms. The number of halogens is 1. The number of thiophene rings is 1. The van der Waals surface area contributed by atoms with Gasteiger partial charge in [-0.3, -0.25) is 14.4 Å². The Labute approximate surface area is 237 Å². The van der Waals surface area contributed by atoms with Crippen LogP contribution in [0.1, 0.15) is 45.2 Å². The van der Waals surface area contributed by atoms with Crippen LogP contribution in [0.4, 0.5) is 0 Å². The molecule has 4 aromatic rings. The van der Waals surface area contributed by atoms with Crippen LogP contribution in [0.15, 0.2) is 102 Å². The summed E-state index contributed by atoms with van der Waals surface area (Å²) in [6.45, 7) is 1.88. The first kappa shape index (κ1) is 26.9. The molecule has 198 valence electrons. The summed E-state index contributed by atoms with van der Waals surface area (Å²) in [7, 11) is 0. The molecule has 4 unspecified atom stereocenters. The SMILES string of the molecule is CC(=O)N1C(C(=O)NCCc2ccccc2)C(c2ccc(Cl)cc2)C(C(=O)c2cccs2)C1c1ccccc1. The molecule has 0 aliphatic carbocycles. The van der Waals surface area contributed by atoms with E-state index in [1.807, 2.05) is 84.2 Å². The van der Waals surface area contributed by atoms with E-state index in [-0.39, 0.29) is 17.6 Å². The fourth-order valence-corrected chi connectivity index (χ4v) is 6.49. The van der Waals surface area contributed by atoms with Crippen LogP contribution < -0.4 is 5.32 Å². The molecule has 3 aromatic carbocycles. The van der Waals surface area contributed by atoms with E-state index in [1.165, 1.54) is 18.3 Å². The monoisotopic (exact) mass is 556 g/mol. The maximum atomic E-state index is 14.2. The topological polar surface area (TPSA) is 66.5 Å². The summed E-state index contributed by atoms with van der Waals surface area (Å²) in [6, 6.07) is 28.9. The van der Waals surface area contributed by atoms with E-state index in [0.717, 1.165) is 16.7 Å². The lowest BCUT2D eigenvalue weighted by molar-refractivity contribution is -0.139. The number of ketones is 1. The van der Waals surface area contributed by atoms with Crippen LogP contribution in [0.25, 0.3) is 0 Å². The molecule has 0 radical (unpaired) electrons. The molecule has 1 aliphatic rings. The van der Waals surface area contributed by atoms with Crippen LogP contribution in [0, 0.1) is 5.92 Å². The smallest absolute Gasteiger partial charge is 0.243 e. The second-order valence-corrected chi connectivity index (χ2v) is 11.1. The Hall–Kier alpha value is -3.74. The van der Waals surface area contributed by atoms with Crippen molar-refractivity contribution in [3.05, 3.63) is 129 Å². The zero-order valence-corrected chi connectivity index (χ0v) is 23.1. The number of hydrogen-bond acceptors (Lipinski definition) is 4. The van der Waals surface area contributed by atoms with Crippen molar-refractivity contribution in [3.8, 4) is 0 Å². The van der Waals surface area contributed by atoms with Crippen molar-refractivity contribution in [3.63, 3.8) is 0 Å². The van der Waals surface area contributed by atoms with Crippen molar-refractivity contribution < 1.29 is 14.4 Å². The fourth-order valence-electron chi connectivity index (χ4n) is 5.65. The number of nitrogens with one attached hydrogen (secondary N) is 1. The summed E-state index contributed by atoms with van der Waals surface area (Å²) in [6.07, 6.45) is 0.657. The number of amides is 2. The van der Waals surface area contributed by atoms with Crippen molar-refractivity contribution >= 4 is 40.5 Å². The number of carbonyl (C=O) groups excluding carboxylic acids is 3. The lowest BCUT2D eigenvalue weighted by atomic mass is 9.77. The third-order valence-electron chi connectivity index (χ3n) is 7.32. The Kier molecular flexibility index (Phi) is 8.24. The van der Waals surface area contributed by atoms with Gasteiger partial charge in [-0.25, -0.2) is 0 Å². The first-order chi connectivity index (χ1) is 19.0. The number of carbonyl (C=O) groups is 3. The van der Waals surface area contributed by atoms with Crippen LogP contribution in [0.2, 0.25) is 5.02 Å². The second kappa shape index (κ2) is 12.0. The maximum Gasteiger partial charge on any atom is 0.243 e. The zero-order valence-electron chi connectivity index (χ0n) is 21.5. The predicted molar refractivity (Wildman–Crippen MR) is 155 cm³/mol. The van der Waals surface area contributed by atoms with Crippen LogP contribution in [-0.4, -0.2) is 35.1 Å². The highest BCUT2D eigenvalue weighted by Gasteiger charge is 2.56. The molecule has 0 spiro atoms. The highest BCUT2D eigenvalue weighted by Crippen LogP contribution is 2.51. The number of likely N-dealkylation sites (tertiary alicyclic amines) is 1. The van der Waals surface area contributed by atoms with Crippen LogP contribution in [-0.2, 0) is 16.0 Å². The van der Waals surface area contributed by atoms with Crippen LogP contribution in [0.3, 0.4) is 0 Å². The number of hydrogen-bond donors (Lipinski definition) is 1. The van der Waals surface area contributed by atoms with E-state index in [4.69, 9.17) is 11.6 Å². The van der Waals surface area contributed by atoms with Crippen molar-refractivity contribution in [1.82, 2.24) is 10.2 Å². The molecule has 39 heavy (non-hydrogen) atoms. The summed E-state index contributed by atoms with van der Waals surface area (Å²) in [5.74, 6) is -1.84. The highest BCUT2D eigenvalue weighted by atomic mass is 35.5. The Balaban J connectivity index is 1.60. The summed E-state index contributed by atoms with van der Waals surface area (Å²) in [5, 5.41) is 5.50. The van der Waals surface area contributed by atoms with Crippen LogP contribution >= 0.6 is 22.9 Å². The van der Waals surface area contributed by atoms with E-state index in [1.54, 1.807) is 23.1 Å². The minimum atomic E-state index is -0.876. The van der Waals surface area contributed by atoms with Gasteiger partial charge >= 0.3 is 0 Å². The van der Waals surface area contributed by atoms with Gasteiger partial charge in [0.2, 0.25) is 11.8 Å². The van der Waals surface area contributed by atoms with Gasteiger partial charge in [-0.1, -0.05) is 90.5 Å². The Morgan fingerprint density at radius 3 is 2.13 bits per heavy atom. The molecule has 5 nitrogen and oxygen atoms in total. The van der Waals surface area contributed by atoms with Gasteiger partial charge in [0, 0.05) is 24.4 Å². The van der Waals surface area contributed by atoms with Gasteiger partial charge in [0.25, 0.3) is 0 Å². The molecule has 5 rings (SSSR count). The average molecular weight is 557 g/mol. The first-order valence-corrected chi connectivity index (χ1v) is 14.2. The molecule has 1 saturated heterocycles. The minimum Gasteiger partial charge on any atom is -0.354 e.